The minimum absolute atomic E-state index is 0.0719. The van der Waals surface area contributed by atoms with Crippen molar-refractivity contribution >= 4 is 14.0 Å². The van der Waals surface area contributed by atoms with Crippen molar-refractivity contribution in [2.24, 2.45) is 0 Å². The molecule has 0 saturated carbocycles. The zero-order valence-corrected chi connectivity index (χ0v) is 11.0. The molecule has 1 rings (SSSR count). The highest BCUT2D eigenvalue weighted by molar-refractivity contribution is 6.69. The second-order valence-corrected chi connectivity index (χ2v) is 9.02. The molecule has 1 aromatic carbocycles. The quantitative estimate of drug-likeness (QED) is 0.467. The van der Waals surface area contributed by atoms with Crippen LogP contribution in [-0.2, 0) is 4.43 Å². The maximum atomic E-state index is 10.9. The molecule has 6 heteroatoms. The predicted molar refractivity (Wildman–Crippen MR) is 65.9 cm³/mol. The van der Waals surface area contributed by atoms with E-state index in [-0.39, 0.29) is 5.69 Å². The van der Waals surface area contributed by atoms with Crippen molar-refractivity contribution in [1.82, 2.24) is 0 Å². The number of benzene rings is 1. The molecule has 90 valence electrons. The largest absolute Gasteiger partial charge is 0.399 e. The van der Waals surface area contributed by atoms with E-state index in [0.29, 0.717) is 5.56 Å². The SMILES string of the molecule is C[Si](C)(C)O[C@H](C#N)c1ccccc1[N+](=O)[O-]. The van der Waals surface area contributed by atoms with Gasteiger partial charge >= 0.3 is 0 Å². The molecule has 0 saturated heterocycles. The Morgan fingerprint density at radius 1 is 1.41 bits per heavy atom. The molecular weight excluding hydrogens is 236 g/mol. The second-order valence-electron chi connectivity index (χ2n) is 4.56. The number of nitriles is 1. The first kappa shape index (κ1) is 13.4. The van der Waals surface area contributed by atoms with E-state index in [1.54, 1.807) is 18.2 Å². The van der Waals surface area contributed by atoms with E-state index in [1.165, 1.54) is 6.07 Å². The van der Waals surface area contributed by atoms with Gasteiger partial charge in [-0.3, -0.25) is 10.1 Å². The standard InChI is InChI=1S/C11H14N2O3Si/c1-17(2,3)16-11(8-12)9-6-4-5-7-10(9)13(14)15/h4-7,11H,1-3H3/t11-/m1/s1. The van der Waals surface area contributed by atoms with Gasteiger partial charge < -0.3 is 4.43 Å². The molecule has 0 radical (unpaired) electrons. The highest BCUT2D eigenvalue weighted by atomic mass is 28.4. The van der Waals surface area contributed by atoms with E-state index in [9.17, 15) is 10.1 Å². The molecule has 17 heavy (non-hydrogen) atoms. The van der Waals surface area contributed by atoms with Gasteiger partial charge in [0.15, 0.2) is 14.4 Å². The van der Waals surface area contributed by atoms with Crippen molar-refractivity contribution in [1.29, 1.82) is 5.26 Å². The van der Waals surface area contributed by atoms with Gasteiger partial charge in [0, 0.05) is 6.07 Å². The summed E-state index contributed by atoms with van der Waals surface area (Å²) >= 11 is 0. The van der Waals surface area contributed by atoms with E-state index in [1.807, 2.05) is 25.7 Å². The van der Waals surface area contributed by atoms with Crippen LogP contribution in [0.2, 0.25) is 19.6 Å². The van der Waals surface area contributed by atoms with Crippen LogP contribution in [-0.4, -0.2) is 13.2 Å². The summed E-state index contributed by atoms with van der Waals surface area (Å²) in [5.74, 6) is 0. The molecule has 1 atom stereocenters. The maximum absolute atomic E-state index is 10.9. The van der Waals surface area contributed by atoms with Crippen LogP contribution in [0.3, 0.4) is 0 Å². The van der Waals surface area contributed by atoms with E-state index in [0.717, 1.165) is 0 Å². The molecule has 0 heterocycles. The molecule has 0 aliphatic heterocycles. The van der Waals surface area contributed by atoms with Gasteiger partial charge in [0.05, 0.1) is 16.6 Å². The first-order valence-corrected chi connectivity index (χ1v) is 8.57. The van der Waals surface area contributed by atoms with Gasteiger partial charge in [0.1, 0.15) is 0 Å². The number of nitro benzene ring substituents is 1. The van der Waals surface area contributed by atoms with Crippen LogP contribution in [0.15, 0.2) is 24.3 Å². The number of nitro groups is 1. The van der Waals surface area contributed by atoms with Crippen LogP contribution in [0.1, 0.15) is 11.7 Å². The van der Waals surface area contributed by atoms with Crippen molar-refractivity contribution in [3.8, 4) is 6.07 Å². The zero-order chi connectivity index (χ0) is 13.1. The van der Waals surface area contributed by atoms with Gasteiger partial charge in [-0.1, -0.05) is 12.1 Å². The molecular formula is C11H14N2O3Si. The molecule has 0 fully saturated rings. The van der Waals surface area contributed by atoms with Crippen LogP contribution < -0.4 is 0 Å². The summed E-state index contributed by atoms with van der Waals surface area (Å²) in [5, 5.41) is 19.9. The summed E-state index contributed by atoms with van der Waals surface area (Å²) in [5.41, 5.74) is 0.250. The van der Waals surface area contributed by atoms with Crippen LogP contribution in [0.4, 0.5) is 5.69 Å². The minimum Gasteiger partial charge on any atom is -0.399 e. The molecule has 1 aromatic rings. The lowest BCUT2D eigenvalue weighted by molar-refractivity contribution is -0.386. The molecule has 0 aliphatic carbocycles. The Labute approximate surface area is 101 Å². The van der Waals surface area contributed by atoms with E-state index < -0.39 is 19.3 Å². The third-order valence-corrected chi connectivity index (χ3v) is 2.95. The summed E-state index contributed by atoms with van der Waals surface area (Å²) in [7, 11) is -1.93. The van der Waals surface area contributed by atoms with E-state index in [4.69, 9.17) is 9.69 Å². The van der Waals surface area contributed by atoms with Gasteiger partial charge in [-0.15, -0.1) is 0 Å². The molecule has 0 bridgehead atoms. The molecule has 0 amide bonds. The second kappa shape index (κ2) is 5.08. The third-order valence-electron chi connectivity index (χ3n) is 2.00. The molecule has 0 unspecified atom stereocenters. The molecule has 0 spiro atoms. The summed E-state index contributed by atoms with van der Waals surface area (Å²) in [6.07, 6.45) is -0.872. The summed E-state index contributed by atoms with van der Waals surface area (Å²) in [4.78, 5) is 10.4. The lowest BCUT2D eigenvalue weighted by Gasteiger charge is -2.21. The topological polar surface area (TPSA) is 76.2 Å². The Balaban J connectivity index is 3.13. The molecule has 0 aromatic heterocycles. The molecule has 0 N–H and O–H groups in total. The predicted octanol–water partition coefficient (Wildman–Crippen LogP) is 3.01. The van der Waals surface area contributed by atoms with Crippen molar-refractivity contribution in [2.45, 2.75) is 25.7 Å². The first-order valence-electron chi connectivity index (χ1n) is 5.16. The van der Waals surface area contributed by atoms with Crippen LogP contribution in [0, 0.1) is 21.4 Å². The normalized spacial score (nSPS) is 12.8. The lowest BCUT2D eigenvalue weighted by atomic mass is 10.1. The van der Waals surface area contributed by atoms with E-state index in [2.05, 4.69) is 0 Å². The van der Waals surface area contributed by atoms with Crippen LogP contribution >= 0.6 is 0 Å². The Morgan fingerprint density at radius 2 is 2.00 bits per heavy atom. The molecule has 5 nitrogen and oxygen atoms in total. The Bertz CT molecular complexity index is 463. The highest BCUT2D eigenvalue weighted by Crippen LogP contribution is 2.29. The zero-order valence-electron chi connectivity index (χ0n) is 10.0. The Kier molecular flexibility index (Phi) is 3.99. The fraction of sp³-hybridized carbons (Fsp3) is 0.364. The fourth-order valence-corrected chi connectivity index (χ4v) is 2.28. The number of nitrogens with zero attached hydrogens (tertiary/aromatic N) is 2. The smallest absolute Gasteiger partial charge is 0.276 e. The average molecular weight is 250 g/mol. The van der Waals surface area contributed by atoms with Crippen molar-refractivity contribution < 1.29 is 9.35 Å². The summed E-state index contributed by atoms with van der Waals surface area (Å²) in [6.45, 7) is 5.81. The lowest BCUT2D eigenvalue weighted by Crippen LogP contribution is -2.27. The highest BCUT2D eigenvalue weighted by Gasteiger charge is 2.27. The Morgan fingerprint density at radius 3 is 2.47 bits per heavy atom. The van der Waals surface area contributed by atoms with Gasteiger partial charge in [0.2, 0.25) is 0 Å². The maximum Gasteiger partial charge on any atom is 0.276 e. The Hall–Kier alpha value is -1.71. The average Bonchev–Trinajstić information content (AvgIpc) is 2.24. The minimum atomic E-state index is -1.93. The number of para-hydroxylation sites is 1. The first-order chi connectivity index (χ1) is 7.85. The fourth-order valence-electron chi connectivity index (χ4n) is 1.39. The van der Waals surface area contributed by atoms with Crippen LogP contribution in [0.5, 0.6) is 0 Å². The van der Waals surface area contributed by atoms with Crippen LogP contribution in [0.25, 0.3) is 0 Å². The monoisotopic (exact) mass is 250 g/mol. The van der Waals surface area contributed by atoms with Gasteiger partial charge in [-0.25, -0.2) is 0 Å². The number of hydrogen-bond donors (Lipinski definition) is 0. The number of rotatable bonds is 4. The van der Waals surface area contributed by atoms with Gasteiger partial charge in [-0.05, 0) is 25.7 Å². The number of hydrogen-bond acceptors (Lipinski definition) is 4. The third kappa shape index (κ3) is 3.66. The summed E-state index contributed by atoms with van der Waals surface area (Å²) < 4.78 is 5.64. The van der Waals surface area contributed by atoms with Gasteiger partial charge in [0.25, 0.3) is 5.69 Å². The van der Waals surface area contributed by atoms with Gasteiger partial charge in [-0.2, -0.15) is 5.26 Å². The summed E-state index contributed by atoms with van der Waals surface area (Å²) in [6, 6.07) is 8.16. The van der Waals surface area contributed by atoms with Crippen molar-refractivity contribution in [3.63, 3.8) is 0 Å². The van der Waals surface area contributed by atoms with Crippen molar-refractivity contribution in [3.05, 3.63) is 39.9 Å². The van der Waals surface area contributed by atoms with E-state index >= 15 is 0 Å². The van der Waals surface area contributed by atoms with Crippen molar-refractivity contribution in [2.75, 3.05) is 0 Å². The molecule has 0 aliphatic rings.